The van der Waals surface area contributed by atoms with Crippen LogP contribution >= 0.6 is 0 Å². The van der Waals surface area contributed by atoms with Crippen molar-refractivity contribution in [2.45, 2.75) is 33.1 Å². The van der Waals surface area contributed by atoms with E-state index in [0.717, 1.165) is 42.9 Å². The smallest absolute Gasteiger partial charge is 0.257 e. The standard InChI is InChI=1S/C23H31N5O2/c1-15-3-5-17(6-4-15)27-23(30)18-13-19(24)20(26-10-7-22(25)29)14-21(18)28-11-8-16(2)9-12-28/h3-6,13-14,16,26H,7-12,24H2,1-2H3,(H2,25,29)(H,27,30). The lowest BCUT2D eigenvalue weighted by Crippen LogP contribution is -2.34. The molecule has 2 amide bonds. The van der Waals surface area contributed by atoms with E-state index in [9.17, 15) is 9.59 Å². The Kier molecular flexibility index (Phi) is 6.82. The van der Waals surface area contributed by atoms with Gasteiger partial charge in [0.05, 0.1) is 22.6 Å². The van der Waals surface area contributed by atoms with Crippen molar-refractivity contribution in [3.63, 3.8) is 0 Å². The van der Waals surface area contributed by atoms with Crippen molar-refractivity contribution in [3.8, 4) is 0 Å². The van der Waals surface area contributed by atoms with Crippen LogP contribution in [0.2, 0.25) is 0 Å². The predicted molar refractivity (Wildman–Crippen MR) is 123 cm³/mol. The van der Waals surface area contributed by atoms with Crippen LogP contribution in [-0.4, -0.2) is 31.4 Å². The van der Waals surface area contributed by atoms with Crippen LogP contribution in [0.25, 0.3) is 0 Å². The molecule has 1 aliphatic heterocycles. The topological polar surface area (TPSA) is 113 Å². The number of hydrogen-bond donors (Lipinski definition) is 4. The summed E-state index contributed by atoms with van der Waals surface area (Å²) < 4.78 is 0. The third kappa shape index (κ3) is 5.43. The van der Waals surface area contributed by atoms with Crippen LogP contribution in [-0.2, 0) is 4.79 Å². The van der Waals surface area contributed by atoms with E-state index in [-0.39, 0.29) is 18.2 Å². The zero-order valence-corrected chi connectivity index (χ0v) is 17.7. The van der Waals surface area contributed by atoms with Gasteiger partial charge in [0.25, 0.3) is 5.91 Å². The van der Waals surface area contributed by atoms with Gasteiger partial charge in [0, 0.05) is 31.7 Å². The highest BCUT2D eigenvalue weighted by molar-refractivity contribution is 6.09. The van der Waals surface area contributed by atoms with E-state index in [1.165, 1.54) is 0 Å². The monoisotopic (exact) mass is 409 g/mol. The minimum absolute atomic E-state index is 0.192. The Bertz CT molecular complexity index is 903. The number of piperidine rings is 1. The third-order valence-electron chi connectivity index (χ3n) is 5.53. The van der Waals surface area contributed by atoms with Gasteiger partial charge in [0.15, 0.2) is 0 Å². The summed E-state index contributed by atoms with van der Waals surface area (Å²) in [5, 5.41) is 6.15. The Morgan fingerprint density at radius 1 is 1.13 bits per heavy atom. The fourth-order valence-electron chi connectivity index (χ4n) is 3.61. The SMILES string of the molecule is Cc1ccc(NC(=O)c2cc(N)c(NCCC(N)=O)cc2N2CCC(C)CC2)cc1. The van der Waals surface area contributed by atoms with Crippen LogP contribution in [0.3, 0.4) is 0 Å². The maximum absolute atomic E-state index is 13.1. The number of carbonyl (C=O) groups is 2. The quantitative estimate of drug-likeness (QED) is 0.524. The van der Waals surface area contributed by atoms with Crippen LogP contribution in [0.5, 0.6) is 0 Å². The molecule has 2 aromatic rings. The molecule has 0 atom stereocenters. The second kappa shape index (κ2) is 9.52. The molecule has 7 nitrogen and oxygen atoms in total. The van der Waals surface area contributed by atoms with Gasteiger partial charge in [0.1, 0.15) is 0 Å². The van der Waals surface area contributed by atoms with E-state index in [2.05, 4.69) is 22.5 Å². The van der Waals surface area contributed by atoms with Crippen molar-refractivity contribution in [1.29, 1.82) is 0 Å². The maximum Gasteiger partial charge on any atom is 0.257 e. The summed E-state index contributed by atoms with van der Waals surface area (Å²) in [6.07, 6.45) is 2.37. The summed E-state index contributed by atoms with van der Waals surface area (Å²) >= 11 is 0. The number of rotatable bonds is 7. The largest absolute Gasteiger partial charge is 0.397 e. The molecule has 0 saturated carbocycles. The van der Waals surface area contributed by atoms with Gasteiger partial charge in [-0.05, 0) is 49.9 Å². The number of primary amides is 1. The Labute approximate surface area is 177 Å². The molecule has 0 spiro atoms. The first-order valence-corrected chi connectivity index (χ1v) is 10.4. The number of amides is 2. The number of hydrogen-bond acceptors (Lipinski definition) is 5. The molecule has 0 aliphatic carbocycles. The van der Waals surface area contributed by atoms with E-state index >= 15 is 0 Å². The molecule has 0 radical (unpaired) electrons. The normalized spacial score (nSPS) is 14.4. The molecule has 7 heteroatoms. The summed E-state index contributed by atoms with van der Waals surface area (Å²) in [5.41, 5.74) is 15.9. The van der Waals surface area contributed by atoms with Crippen LogP contribution in [0, 0.1) is 12.8 Å². The highest BCUT2D eigenvalue weighted by atomic mass is 16.2. The Hall–Kier alpha value is -3.22. The average molecular weight is 410 g/mol. The van der Waals surface area contributed by atoms with Crippen molar-refractivity contribution in [2.24, 2.45) is 11.7 Å². The molecule has 2 aromatic carbocycles. The van der Waals surface area contributed by atoms with Crippen LogP contribution < -0.4 is 27.0 Å². The molecule has 0 bridgehead atoms. The van der Waals surface area contributed by atoms with Gasteiger partial charge in [-0.2, -0.15) is 0 Å². The maximum atomic E-state index is 13.1. The first kappa shape index (κ1) is 21.5. The summed E-state index contributed by atoms with van der Waals surface area (Å²) in [5.74, 6) is 0.108. The average Bonchev–Trinajstić information content (AvgIpc) is 2.71. The van der Waals surface area contributed by atoms with Crippen molar-refractivity contribution >= 4 is 34.6 Å². The molecule has 30 heavy (non-hydrogen) atoms. The summed E-state index contributed by atoms with van der Waals surface area (Å²) in [6.45, 7) is 6.42. The highest BCUT2D eigenvalue weighted by Crippen LogP contribution is 2.33. The zero-order chi connectivity index (χ0) is 21.7. The summed E-state index contributed by atoms with van der Waals surface area (Å²) in [7, 11) is 0. The molecule has 6 N–H and O–H groups in total. The van der Waals surface area contributed by atoms with E-state index in [1.807, 2.05) is 37.3 Å². The fraction of sp³-hybridized carbons (Fsp3) is 0.391. The lowest BCUT2D eigenvalue weighted by molar-refractivity contribution is -0.117. The van der Waals surface area contributed by atoms with Gasteiger partial charge in [-0.25, -0.2) is 0 Å². The van der Waals surface area contributed by atoms with Crippen LogP contribution in [0.4, 0.5) is 22.7 Å². The van der Waals surface area contributed by atoms with Gasteiger partial charge < -0.3 is 27.0 Å². The second-order valence-corrected chi connectivity index (χ2v) is 8.09. The van der Waals surface area contributed by atoms with Gasteiger partial charge in [-0.1, -0.05) is 24.6 Å². The van der Waals surface area contributed by atoms with Crippen molar-refractivity contribution in [2.75, 3.05) is 40.9 Å². The van der Waals surface area contributed by atoms with Crippen molar-refractivity contribution in [1.82, 2.24) is 0 Å². The minimum atomic E-state index is -0.375. The fourth-order valence-corrected chi connectivity index (χ4v) is 3.61. The number of anilines is 4. The first-order chi connectivity index (χ1) is 14.3. The van der Waals surface area contributed by atoms with E-state index < -0.39 is 0 Å². The molecule has 1 fully saturated rings. The Morgan fingerprint density at radius 3 is 2.43 bits per heavy atom. The zero-order valence-electron chi connectivity index (χ0n) is 17.7. The molecule has 0 aromatic heterocycles. The third-order valence-corrected chi connectivity index (χ3v) is 5.53. The van der Waals surface area contributed by atoms with Gasteiger partial charge in [0.2, 0.25) is 5.91 Å². The van der Waals surface area contributed by atoms with Gasteiger partial charge in [-0.3, -0.25) is 9.59 Å². The van der Waals surface area contributed by atoms with Crippen LogP contribution in [0.1, 0.15) is 42.1 Å². The second-order valence-electron chi connectivity index (χ2n) is 8.09. The van der Waals surface area contributed by atoms with Crippen molar-refractivity contribution in [3.05, 3.63) is 47.5 Å². The highest BCUT2D eigenvalue weighted by Gasteiger charge is 2.23. The number of nitrogens with zero attached hydrogens (tertiary/aromatic N) is 1. The molecule has 1 heterocycles. The summed E-state index contributed by atoms with van der Waals surface area (Å²) in [4.78, 5) is 26.4. The lowest BCUT2D eigenvalue weighted by Gasteiger charge is -2.34. The first-order valence-electron chi connectivity index (χ1n) is 10.4. The minimum Gasteiger partial charge on any atom is -0.397 e. The Balaban J connectivity index is 1.89. The van der Waals surface area contributed by atoms with E-state index in [4.69, 9.17) is 11.5 Å². The number of nitrogen functional groups attached to an aromatic ring is 1. The van der Waals surface area contributed by atoms with Gasteiger partial charge in [-0.15, -0.1) is 0 Å². The molecule has 3 rings (SSSR count). The molecule has 1 aliphatic rings. The lowest BCUT2D eigenvalue weighted by atomic mass is 9.97. The number of nitrogens with two attached hydrogens (primary N) is 2. The number of aryl methyl sites for hydroxylation is 1. The predicted octanol–water partition coefficient (Wildman–Crippen LogP) is 3.35. The number of nitrogens with one attached hydrogen (secondary N) is 2. The summed E-state index contributed by atoms with van der Waals surface area (Å²) in [6, 6.07) is 11.3. The van der Waals surface area contributed by atoms with E-state index in [0.29, 0.717) is 29.4 Å². The molecule has 0 unspecified atom stereocenters. The molecule has 160 valence electrons. The number of carbonyl (C=O) groups excluding carboxylic acids is 2. The molecular weight excluding hydrogens is 378 g/mol. The van der Waals surface area contributed by atoms with Gasteiger partial charge >= 0.3 is 0 Å². The Morgan fingerprint density at radius 2 is 1.80 bits per heavy atom. The van der Waals surface area contributed by atoms with Crippen molar-refractivity contribution < 1.29 is 9.59 Å². The molecule has 1 saturated heterocycles. The van der Waals surface area contributed by atoms with E-state index in [1.54, 1.807) is 6.07 Å². The van der Waals surface area contributed by atoms with Crippen LogP contribution in [0.15, 0.2) is 36.4 Å². The molecular formula is C23H31N5O2. The number of benzene rings is 2.